The molecule has 0 aromatic heterocycles. The maximum absolute atomic E-state index is 12.9. The molecule has 2 aromatic carbocycles. The van der Waals surface area contributed by atoms with Crippen molar-refractivity contribution in [1.82, 2.24) is 10.2 Å². The summed E-state index contributed by atoms with van der Waals surface area (Å²) in [5, 5.41) is 3.55. The molecule has 2 aromatic rings. The molecule has 0 saturated heterocycles. The third-order valence-electron chi connectivity index (χ3n) is 4.82. The van der Waals surface area contributed by atoms with E-state index in [2.05, 4.69) is 5.32 Å². The van der Waals surface area contributed by atoms with Crippen molar-refractivity contribution in [1.29, 1.82) is 0 Å². The first-order chi connectivity index (χ1) is 14.5. The first-order valence-electron chi connectivity index (χ1n) is 10.5. The molecule has 0 fully saturated rings. The van der Waals surface area contributed by atoms with E-state index in [-0.39, 0.29) is 11.8 Å². The Labute approximate surface area is 184 Å². The average Bonchev–Trinajstić information content (AvgIpc) is 2.77. The molecular formula is C24H31ClN2O3. The minimum atomic E-state index is -0.509. The van der Waals surface area contributed by atoms with E-state index in [1.807, 2.05) is 37.3 Å². The zero-order valence-corrected chi connectivity index (χ0v) is 18.5. The lowest BCUT2D eigenvalue weighted by Crippen LogP contribution is -2.49. The molecule has 1 atom stereocenters. The second kappa shape index (κ2) is 12.9. The van der Waals surface area contributed by atoms with Gasteiger partial charge in [-0.25, -0.2) is 0 Å². The Morgan fingerprint density at radius 3 is 2.47 bits per heavy atom. The van der Waals surface area contributed by atoms with Crippen LogP contribution in [0.1, 0.15) is 38.7 Å². The van der Waals surface area contributed by atoms with Crippen LogP contribution in [0.4, 0.5) is 0 Å². The number of nitrogens with zero attached hydrogens (tertiary/aromatic N) is 1. The van der Waals surface area contributed by atoms with E-state index in [0.29, 0.717) is 44.0 Å². The van der Waals surface area contributed by atoms with Crippen LogP contribution in [0.2, 0.25) is 5.02 Å². The number of ether oxygens (including phenoxy) is 1. The molecule has 0 radical (unpaired) electrons. The van der Waals surface area contributed by atoms with Crippen LogP contribution in [0.15, 0.2) is 54.6 Å². The van der Waals surface area contributed by atoms with E-state index in [4.69, 9.17) is 16.3 Å². The summed E-state index contributed by atoms with van der Waals surface area (Å²) in [5.74, 6) is 0.570. The Morgan fingerprint density at radius 1 is 1.10 bits per heavy atom. The Kier molecular flexibility index (Phi) is 10.2. The van der Waals surface area contributed by atoms with Gasteiger partial charge in [0, 0.05) is 24.5 Å². The Balaban J connectivity index is 1.90. The van der Waals surface area contributed by atoms with Gasteiger partial charge >= 0.3 is 0 Å². The molecule has 0 aliphatic heterocycles. The topological polar surface area (TPSA) is 58.6 Å². The number of nitrogens with one attached hydrogen (secondary N) is 1. The number of carbonyl (C=O) groups excluding carboxylic acids is 2. The van der Waals surface area contributed by atoms with Gasteiger partial charge in [-0.1, -0.05) is 48.9 Å². The smallest absolute Gasteiger partial charge is 0.242 e. The van der Waals surface area contributed by atoms with Crippen LogP contribution in [0.3, 0.4) is 0 Å². The molecule has 2 rings (SSSR count). The highest BCUT2D eigenvalue weighted by atomic mass is 35.5. The van der Waals surface area contributed by atoms with Crippen LogP contribution in [0, 0.1) is 0 Å². The first-order valence-corrected chi connectivity index (χ1v) is 10.9. The lowest BCUT2D eigenvalue weighted by atomic mass is 10.1. The highest BCUT2D eigenvalue weighted by Crippen LogP contribution is 2.16. The highest BCUT2D eigenvalue weighted by molar-refractivity contribution is 6.30. The van der Waals surface area contributed by atoms with Gasteiger partial charge in [0.2, 0.25) is 11.8 Å². The summed E-state index contributed by atoms with van der Waals surface area (Å²) in [6.45, 7) is 5.33. The molecule has 30 heavy (non-hydrogen) atoms. The molecule has 6 heteroatoms. The summed E-state index contributed by atoms with van der Waals surface area (Å²) in [5.41, 5.74) is 1.14. The summed E-state index contributed by atoms with van der Waals surface area (Å²) in [7, 11) is 0. The van der Waals surface area contributed by atoms with E-state index in [9.17, 15) is 9.59 Å². The molecule has 1 N–H and O–H groups in total. The second-order valence-corrected chi connectivity index (χ2v) is 7.63. The van der Waals surface area contributed by atoms with Gasteiger partial charge in [-0.2, -0.15) is 0 Å². The number of halogens is 1. The third-order valence-corrected chi connectivity index (χ3v) is 5.07. The molecular weight excluding hydrogens is 400 g/mol. The van der Waals surface area contributed by atoms with Crippen molar-refractivity contribution in [2.75, 3.05) is 19.7 Å². The standard InChI is InChI=1S/C24H31ClN2O3/c1-3-16-26-24(29)19(2)27(17-15-20-8-5-4-6-9-20)23(28)10-7-18-30-22-13-11-21(25)12-14-22/h4-6,8-9,11-14,19H,3,7,10,15-18H2,1-2H3,(H,26,29)/t19-/m1/s1. The number of amides is 2. The van der Waals surface area contributed by atoms with E-state index in [1.165, 1.54) is 0 Å². The van der Waals surface area contributed by atoms with Crippen LogP contribution in [0.25, 0.3) is 0 Å². The molecule has 0 aliphatic rings. The maximum atomic E-state index is 12.9. The van der Waals surface area contributed by atoms with Crippen LogP contribution >= 0.6 is 11.6 Å². The van der Waals surface area contributed by atoms with Crippen molar-refractivity contribution >= 4 is 23.4 Å². The largest absolute Gasteiger partial charge is 0.494 e. The minimum absolute atomic E-state index is 0.0372. The summed E-state index contributed by atoms with van der Waals surface area (Å²) < 4.78 is 5.67. The SMILES string of the molecule is CCCNC(=O)[C@@H](C)N(CCc1ccccc1)C(=O)CCCOc1ccc(Cl)cc1. The van der Waals surface area contributed by atoms with Crippen LogP contribution in [-0.4, -0.2) is 42.5 Å². The van der Waals surface area contributed by atoms with Crippen LogP contribution in [-0.2, 0) is 16.0 Å². The van der Waals surface area contributed by atoms with Gasteiger partial charge in [-0.15, -0.1) is 0 Å². The van der Waals surface area contributed by atoms with Crippen LogP contribution < -0.4 is 10.1 Å². The first kappa shape index (κ1) is 23.7. The molecule has 0 saturated carbocycles. The minimum Gasteiger partial charge on any atom is -0.494 e. The summed E-state index contributed by atoms with van der Waals surface area (Å²) in [6.07, 6.45) is 2.47. The second-order valence-electron chi connectivity index (χ2n) is 7.20. The van der Waals surface area contributed by atoms with E-state index >= 15 is 0 Å². The zero-order chi connectivity index (χ0) is 21.8. The number of rotatable bonds is 12. The van der Waals surface area contributed by atoms with Crippen molar-refractivity contribution in [2.24, 2.45) is 0 Å². The average molecular weight is 431 g/mol. The van der Waals surface area contributed by atoms with E-state index in [1.54, 1.807) is 36.1 Å². The van der Waals surface area contributed by atoms with Gasteiger partial charge < -0.3 is 15.0 Å². The lowest BCUT2D eigenvalue weighted by Gasteiger charge is -2.29. The monoisotopic (exact) mass is 430 g/mol. The quantitative estimate of drug-likeness (QED) is 0.505. The molecule has 0 unspecified atom stereocenters. The Hall–Kier alpha value is -2.53. The predicted octanol–water partition coefficient (Wildman–Crippen LogP) is 4.49. The molecule has 0 aliphatic carbocycles. The van der Waals surface area contributed by atoms with E-state index < -0.39 is 6.04 Å². The van der Waals surface area contributed by atoms with Gasteiger partial charge in [-0.05, 0) is 56.0 Å². The summed E-state index contributed by atoms with van der Waals surface area (Å²) >= 11 is 5.87. The molecule has 0 spiro atoms. The fourth-order valence-electron chi connectivity index (χ4n) is 3.05. The molecule has 5 nitrogen and oxygen atoms in total. The number of carbonyl (C=O) groups is 2. The van der Waals surface area contributed by atoms with Crippen molar-refractivity contribution in [3.05, 3.63) is 65.2 Å². The third kappa shape index (κ3) is 8.07. The highest BCUT2D eigenvalue weighted by Gasteiger charge is 2.25. The van der Waals surface area contributed by atoms with Crippen LogP contribution in [0.5, 0.6) is 5.75 Å². The van der Waals surface area contributed by atoms with Crippen molar-refractivity contribution in [3.63, 3.8) is 0 Å². The summed E-state index contributed by atoms with van der Waals surface area (Å²) in [6, 6.07) is 16.6. The maximum Gasteiger partial charge on any atom is 0.242 e. The predicted molar refractivity (Wildman–Crippen MR) is 121 cm³/mol. The molecule has 0 heterocycles. The summed E-state index contributed by atoms with van der Waals surface area (Å²) in [4.78, 5) is 27.1. The van der Waals surface area contributed by atoms with Gasteiger partial charge in [0.1, 0.15) is 11.8 Å². The fourth-order valence-corrected chi connectivity index (χ4v) is 3.18. The van der Waals surface area contributed by atoms with Gasteiger partial charge in [0.25, 0.3) is 0 Å². The number of hydrogen-bond donors (Lipinski definition) is 1. The number of hydrogen-bond acceptors (Lipinski definition) is 3. The van der Waals surface area contributed by atoms with E-state index in [0.717, 1.165) is 17.7 Å². The normalized spacial score (nSPS) is 11.6. The van der Waals surface area contributed by atoms with Gasteiger partial charge in [0.15, 0.2) is 0 Å². The fraction of sp³-hybridized carbons (Fsp3) is 0.417. The lowest BCUT2D eigenvalue weighted by molar-refractivity contribution is -0.140. The molecule has 2 amide bonds. The van der Waals surface area contributed by atoms with Gasteiger partial charge in [-0.3, -0.25) is 9.59 Å². The number of benzene rings is 2. The van der Waals surface area contributed by atoms with Crippen molar-refractivity contribution in [2.45, 2.75) is 45.6 Å². The Morgan fingerprint density at radius 2 is 1.80 bits per heavy atom. The molecule has 162 valence electrons. The molecule has 0 bridgehead atoms. The van der Waals surface area contributed by atoms with Crippen molar-refractivity contribution < 1.29 is 14.3 Å². The Bertz CT molecular complexity index is 781. The van der Waals surface area contributed by atoms with Gasteiger partial charge in [0.05, 0.1) is 6.61 Å². The van der Waals surface area contributed by atoms with Crippen molar-refractivity contribution in [3.8, 4) is 5.75 Å². The zero-order valence-electron chi connectivity index (χ0n) is 17.8.